The van der Waals surface area contributed by atoms with Crippen molar-refractivity contribution in [2.24, 2.45) is 0 Å². The molecule has 0 spiro atoms. The molecule has 0 aliphatic rings. The van der Waals surface area contributed by atoms with Crippen LogP contribution in [0.4, 0.5) is 0 Å². The van der Waals surface area contributed by atoms with E-state index in [1.165, 1.54) is 0 Å². The lowest BCUT2D eigenvalue weighted by Gasteiger charge is -2.27. The zero-order valence-corrected chi connectivity index (χ0v) is 12.3. The quantitative estimate of drug-likeness (QED) is 0.310. The van der Waals surface area contributed by atoms with Crippen molar-refractivity contribution in [3.05, 3.63) is 0 Å². The Balaban J connectivity index is 4.37. The maximum Gasteiger partial charge on any atom is 0.317 e. The first kappa shape index (κ1) is 15.6. The second-order valence-corrected chi connectivity index (χ2v) is 6.53. The lowest BCUT2D eigenvalue weighted by Crippen LogP contribution is -2.39. The molecule has 4 unspecified atom stereocenters. The monoisotopic (exact) mass is 308 g/mol. The van der Waals surface area contributed by atoms with Crippen LogP contribution in [-0.2, 0) is 4.79 Å². The van der Waals surface area contributed by atoms with Crippen LogP contribution in [0.25, 0.3) is 0 Å². The van der Waals surface area contributed by atoms with Gasteiger partial charge in [0.2, 0.25) is 0 Å². The molecule has 0 bridgehead atoms. The Bertz CT molecular complexity index is 199. The largest absolute Gasteiger partial charge is 0.480 e. The molecule has 1 N–H and O–H groups in total. The van der Waals surface area contributed by atoms with Crippen LogP contribution >= 0.6 is 75.8 Å². The first-order valence-corrected chi connectivity index (χ1v) is 6.70. The number of hydrogen-bond acceptors (Lipinski definition) is 7. The smallest absolute Gasteiger partial charge is 0.317 e. The molecule has 8 heteroatoms. The summed E-state index contributed by atoms with van der Waals surface area (Å²) in [5.41, 5.74) is 0. The SMILES string of the molecule is O=C(O)C(S)C(S)C(S)C(S)C(S)S. The van der Waals surface area contributed by atoms with Gasteiger partial charge in [-0.25, -0.2) is 0 Å². The molecular weight excluding hydrogens is 296 g/mol. The molecule has 0 amide bonds. The zero-order valence-electron chi connectivity index (χ0n) is 6.93. The molecule has 4 atom stereocenters. The first-order valence-electron chi connectivity index (χ1n) is 3.60. The second-order valence-electron chi connectivity index (χ2n) is 2.67. The Hall–Kier alpha value is 1.57. The number of aliphatic carboxylic acids is 1. The van der Waals surface area contributed by atoms with Gasteiger partial charge < -0.3 is 5.11 Å². The average Bonchev–Trinajstić information content (AvgIpc) is 2.12. The van der Waals surface area contributed by atoms with Crippen molar-refractivity contribution in [3.63, 3.8) is 0 Å². The highest BCUT2D eigenvalue weighted by Gasteiger charge is 2.32. The first-order chi connectivity index (χ1) is 6.29. The molecule has 0 aliphatic carbocycles. The minimum Gasteiger partial charge on any atom is -0.480 e. The van der Waals surface area contributed by atoms with Crippen LogP contribution in [0.2, 0.25) is 0 Å². The van der Waals surface area contributed by atoms with Gasteiger partial charge in [0.15, 0.2) is 0 Å². The summed E-state index contributed by atoms with van der Waals surface area (Å²) < 4.78 is -0.287. The Labute approximate surface area is 116 Å². The molecule has 0 rings (SSSR count). The van der Waals surface area contributed by atoms with E-state index in [1.54, 1.807) is 0 Å². The summed E-state index contributed by atoms with van der Waals surface area (Å²) in [5, 5.41) is 6.70. The average molecular weight is 309 g/mol. The third-order valence-electron chi connectivity index (χ3n) is 1.58. The fraction of sp³-hybridized carbons (Fsp3) is 0.833. The fourth-order valence-electron chi connectivity index (χ4n) is 0.711. The van der Waals surface area contributed by atoms with Gasteiger partial charge in [-0.1, -0.05) is 0 Å². The third kappa shape index (κ3) is 4.61. The van der Waals surface area contributed by atoms with Crippen LogP contribution in [0, 0.1) is 0 Å². The second kappa shape index (κ2) is 7.01. The summed E-state index contributed by atoms with van der Waals surface area (Å²) in [6.45, 7) is 0. The van der Waals surface area contributed by atoms with E-state index < -0.39 is 16.5 Å². The van der Waals surface area contributed by atoms with E-state index in [2.05, 4.69) is 75.8 Å². The van der Waals surface area contributed by atoms with Gasteiger partial charge in [-0.15, -0.1) is 0 Å². The van der Waals surface area contributed by atoms with Gasteiger partial charge in [-0.2, -0.15) is 75.8 Å². The molecule has 0 aromatic heterocycles. The molecule has 0 saturated heterocycles. The van der Waals surface area contributed by atoms with Crippen LogP contribution < -0.4 is 0 Å². The van der Waals surface area contributed by atoms with Gasteiger partial charge in [0.25, 0.3) is 0 Å². The molecule has 14 heavy (non-hydrogen) atoms. The van der Waals surface area contributed by atoms with Crippen molar-refractivity contribution in [2.75, 3.05) is 0 Å². The van der Waals surface area contributed by atoms with E-state index in [0.717, 1.165) is 0 Å². The fourth-order valence-corrected chi connectivity index (χ4v) is 2.65. The van der Waals surface area contributed by atoms with Crippen molar-refractivity contribution in [1.29, 1.82) is 0 Å². The maximum absolute atomic E-state index is 10.6. The minimum atomic E-state index is -1.03. The summed E-state index contributed by atoms with van der Waals surface area (Å²) >= 11 is 24.7. The predicted octanol–water partition coefficient (Wildman–Crippen LogP) is 1.45. The van der Waals surface area contributed by atoms with E-state index in [0.29, 0.717) is 0 Å². The molecule has 0 aromatic carbocycles. The van der Waals surface area contributed by atoms with Gasteiger partial charge in [-0.3, -0.25) is 4.79 Å². The van der Waals surface area contributed by atoms with Crippen molar-refractivity contribution in [3.8, 4) is 0 Å². The molecule has 0 saturated carbocycles. The van der Waals surface area contributed by atoms with Crippen molar-refractivity contribution < 1.29 is 9.90 Å². The van der Waals surface area contributed by atoms with Crippen molar-refractivity contribution in [1.82, 2.24) is 0 Å². The van der Waals surface area contributed by atoms with Crippen LogP contribution in [-0.4, -0.2) is 36.7 Å². The van der Waals surface area contributed by atoms with Gasteiger partial charge in [0.1, 0.15) is 5.25 Å². The minimum absolute atomic E-state index is 0.263. The van der Waals surface area contributed by atoms with Crippen molar-refractivity contribution in [2.45, 2.75) is 25.6 Å². The highest BCUT2D eigenvalue weighted by molar-refractivity contribution is 8.01. The molecule has 0 aromatic rings. The molecule has 84 valence electrons. The molecule has 0 radical (unpaired) electrons. The van der Waals surface area contributed by atoms with Gasteiger partial charge >= 0.3 is 5.97 Å². The lowest BCUT2D eigenvalue weighted by atomic mass is 10.1. The summed E-state index contributed by atoms with van der Waals surface area (Å²) in [7, 11) is 0. The number of carbonyl (C=O) groups is 1. The normalized spacial score (nSPS) is 20.2. The Morgan fingerprint density at radius 1 is 0.857 bits per heavy atom. The Morgan fingerprint density at radius 3 is 1.57 bits per heavy atom. The zero-order chi connectivity index (χ0) is 11.5. The maximum atomic E-state index is 10.6. The standard InChI is InChI=1S/C6H12O2S6/c7-5(8)3(11)1(9)2(10)4(12)6(13)14/h1-4,6,9-14H,(H,7,8). The molecule has 0 fully saturated rings. The van der Waals surface area contributed by atoms with E-state index >= 15 is 0 Å². The van der Waals surface area contributed by atoms with E-state index in [9.17, 15) is 4.79 Å². The number of carboxylic acids is 1. The molecule has 2 nitrogen and oxygen atoms in total. The Kier molecular flexibility index (Phi) is 7.79. The number of thiol groups is 6. The Morgan fingerprint density at radius 2 is 1.29 bits per heavy atom. The molecular formula is C6H12O2S6. The van der Waals surface area contributed by atoms with E-state index in [4.69, 9.17) is 5.11 Å². The summed E-state index contributed by atoms with van der Waals surface area (Å²) in [5.74, 6) is -1.03. The lowest BCUT2D eigenvalue weighted by molar-refractivity contribution is -0.136. The summed E-state index contributed by atoms with van der Waals surface area (Å²) in [6, 6.07) is 0. The number of hydrogen-bond donors (Lipinski definition) is 7. The van der Waals surface area contributed by atoms with E-state index in [1.807, 2.05) is 0 Å². The molecule has 0 heterocycles. The van der Waals surface area contributed by atoms with Gasteiger partial charge in [0, 0.05) is 15.7 Å². The van der Waals surface area contributed by atoms with Crippen LogP contribution in [0.3, 0.4) is 0 Å². The van der Waals surface area contributed by atoms with Crippen molar-refractivity contribution >= 4 is 81.7 Å². The predicted molar refractivity (Wildman–Crippen MR) is 80.5 cm³/mol. The number of carboxylic acid groups (broad SMARTS) is 1. The highest BCUT2D eigenvalue weighted by Crippen LogP contribution is 2.28. The van der Waals surface area contributed by atoms with E-state index in [-0.39, 0.29) is 15.1 Å². The summed E-state index contributed by atoms with van der Waals surface area (Å²) in [4.78, 5) is 10.6. The highest BCUT2D eigenvalue weighted by atomic mass is 32.2. The molecule has 0 aliphatic heterocycles. The topological polar surface area (TPSA) is 37.3 Å². The third-order valence-corrected chi connectivity index (χ3v) is 5.82. The summed E-state index contributed by atoms with van der Waals surface area (Å²) in [6.07, 6.45) is 0. The van der Waals surface area contributed by atoms with Gasteiger partial charge in [0.05, 0.1) is 4.58 Å². The van der Waals surface area contributed by atoms with Gasteiger partial charge in [-0.05, 0) is 0 Å². The van der Waals surface area contributed by atoms with Crippen LogP contribution in [0.5, 0.6) is 0 Å². The van der Waals surface area contributed by atoms with Crippen LogP contribution in [0.15, 0.2) is 0 Å². The number of rotatable bonds is 5. The van der Waals surface area contributed by atoms with Crippen LogP contribution in [0.1, 0.15) is 0 Å².